The van der Waals surface area contributed by atoms with E-state index in [1.807, 2.05) is 4.90 Å². The number of aliphatic hydroxyl groups is 1. The number of amides is 1. The van der Waals surface area contributed by atoms with Crippen LogP contribution in [0.25, 0.3) is 0 Å². The quantitative estimate of drug-likeness (QED) is 0.851. The number of nitrogens with one attached hydrogen (secondary N) is 1. The predicted octanol–water partition coefficient (Wildman–Crippen LogP) is 1.10. The standard InChI is InChI=1S/C15H22N2O4/c1-20-12-5-6-14(21-2)13(8-12)16-15(19)10-17-7-3-4-11(18)9-17/h5-6,8,11,18H,3-4,7,9-10H2,1-2H3,(H,16,19). The highest BCUT2D eigenvalue weighted by atomic mass is 16.5. The number of aliphatic hydroxyl groups excluding tert-OH is 1. The van der Waals surface area contributed by atoms with Crippen LogP contribution < -0.4 is 14.8 Å². The smallest absolute Gasteiger partial charge is 0.238 e. The predicted molar refractivity (Wildman–Crippen MR) is 79.9 cm³/mol. The van der Waals surface area contributed by atoms with Gasteiger partial charge < -0.3 is 19.9 Å². The molecule has 0 spiro atoms. The Labute approximate surface area is 124 Å². The number of carbonyl (C=O) groups is 1. The van der Waals surface area contributed by atoms with Gasteiger partial charge in [0, 0.05) is 12.6 Å². The van der Waals surface area contributed by atoms with Gasteiger partial charge in [0.2, 0.25) is 5.91 Å². The van der Waals surface area contributed by atoms with Gasteiger partial charge in [-0.3, -0.25) is 9.69 Å². The zero-order chi connectivity index (χ0) is 15.2. The number of β-amino-alcohol motifs (C(OH)–C–C–N with tert-alkyl or cyclic N) is 1. The van der Waals surface area contributed by atoms with Crippen LogP contribution in [-0.2, 0) is 4.79 Å². The van der Waals surface area contributed by atoms with Crippen molar-refractivity contribution in [2.24, 2.45) is 0 Å². The number of benzene rings is 1. The van der Waals surface area contributed by atoms with Gasteiger partial charge in [-0.1, -0.05) is 0 Å². The average molecular weight is 294 g/mol. The van der Waals surface area contributed by atoms with Gasteiger partial charge in [-0.25, -0.2) is 0 Å². The molecule has 1 aromatic carbocycles. The molecule has 1 atom stereocenters. The molecular weight excluding hydrogens is 272 g/mol. The molecule has 0 saturated carbocycles. The van der Waals surface area contributed by atoms with Crippen LogP contribution in [0, 0.1) is 0 Å². The van der Waals surface area contributed by atoms with Crippen LogP contribution in [0.1, 0.15) is 12.8 Å². The zero-order valence-corrected chi connectivity index (χ0v) is 12.5. The number of nitrogens with zero attached hydrogens (tertiary/aromatic N) is 1. The molecule has 1 aliphatic heterocycles. The summed E-state index contributed by atoms with van der Waals surface area (Å²) >= 11 is 0. The Morgan fingerprint density at radius 1 is 1.43 bits per heavy atom. The molecule has 2 N–H and O–H groups in total. The Morgan fingerprint density at radius 3 is 2.90 bits per heavy atom. The fourth-order valence-corrected chi connectivity index (χ4v) is 2.48. The van der Waals surface area contributed by atoms with Gasteiger partial charge in [0.05, 0.1) is 32.6 Å². The monoisotopic (exact) mass is 294 g/mol. The van der Waals surface area contributed by atoms with E-state index in [0.29, 0.717) is 23.7 Å². The molecule has 0 aromatic heterocycles. The van der Waals surface area contributed by atoms with Crippen LogP contribution >= 0.6 is 0 Å². The third kappa shape index (κ3) is 4.34. The van der Waals surface area contributed by atoms with Crippen LogP contribution in [0.5, 0.6) is 11.5 Å². The maximum Gasteiger partial charge on any atom is 0.238 e. The lowest BCUT2D eigenvalue weighted by Crippen LogP contribution is -2.42. The van der Waals surface area contributed by atoms with E-state index in [4.69, 9.17) is 9.47 Å². The number of rotatable bonds is 5. The Balaban J connectivity index is 1.98. The van der Waals surface area contributed by atoms with Gasteiger partial charge in [0.1, 0.15) is 11.5 Å². The zero-order valence-electron chi connectivity index (χ0n) is 12.5. The molecule has 1 fully saturated rings. The fourth-order valence-electron chi connectivity index (χ4n) is 2.48. The maximum absolute atomic E-state index is 12.1. The van der Waals surface area contributed by atoms with Crippen molar-refractivity contribution in [2.45, 2.75) is 18.9 Å². The number of hydrogen-bond donors (Lipinski definition) is 2. The summed E-state index contributed by atoms with van der Waals surface area (Å²) in [6.45, 7) is 1.64. The summed E-state index contributed by atoms with van der Waals surface area (Å²) in [6.07, 6.45) is 1.39. The average Bonchev–Trinajstić information content (AvgIpc) is 2.47. The van der Waals surface area contributed by atoms with Gasteiger partial charge in [-0.2, -0.15) is 0 Å². The number of hydrogen-bond acceptors (Lipinski definition) is 5. The van der Waals surface area contributed by atoms with Crippen LogP contribution in [0.2, 0.25) is 0 Å². The molecule has 116 valence electrons. The lowest BCUT2D eigenvalue weighted by Gasteiger charge is -2.29. The van der Waals surface area contributed by atoms with Gasteiger partial charge in [-0.15, -0.1) is 0 Å². The maximum atomic E-state index is 12.1. The molecule has 6 nitrogen and oxygen atoms in total. The highest BCUT2D eigenvalue weighted by molar-refractivity contribution is 5.94. The Kier molecular flexibility index (Phi) is 5.41. The van der Waals surface area contributed by atoms with Crippen LogP contribution in [0.15, 0.2) is 18.2 Å². The van der Waals surface area contributed by atoms with E-state index < -0.39 is 0 Å². The third-order valence-electron chi connectivity index (χ3n) is 3.53. The van der Waals surface area contributed by atoms with Gasteiger partial charge >= 0.3 is 0 Å². The van der Waals surface area contributed by atoms with E-state index in [0.717, 1.165) is 19.4 Å². The Bertz CT molecular complexity index is 493. The van der Waals surface area contributed by atoms with Crippen LogP contribution in [0.4, 0.5) is 5.69 Å². The minimum absolute atomic E-state index is 0.129. The number of carbonyl (C=O) groups excluding carboxylic acids is 1. The molecule has 0 aliphatic carbocycles. The molecule has 1 aliphatic rings. The van der Waals surface area contributed by atoms with Crippen molar-refractivity contribution in [3.05, 3.63) is 18.2 Å². The van der Waals surface area contributed by atoms with Crippen molar-refractivity contribution in [2.75, 3.05) is 39.2 Å². The van der Waals surface area contributed by atoms with Crippen molar-refractivity contribution >= 4 is 11.6 Å². The second-order valence-corrected chi connectivity index (χ2v) is 5.15. The first kappa shape index (κ1) is 15.6. The Morgan fingerprint density at radius 2 is 2.24 bits per heavy atom. The largest absolute Gasteiger partial charge is 0.497 e. The first-order valence-corrected chi connectivity index (χ1v) is 7.04. The van der Waals surface area contributed by atoms with Gasteiger partial charge in [0.15, 0.2) is 0 Å². The molecule has 0 radical (unpaired) electrons. The molecule has 1 heterocycles. The molecule has 1 aromatic rings. The molecule has 1 unspecified atom stereocenters. The van der Waals surface area contributed by atoms with Crippen molar-refractivity contribution in [1.29, 1.82) is 0 Å². The van der Waals surface area contributed by atoms with Crippen molar-refractivity contribution in [3.8, 4) is 11.5 Å². The van der Waals surface area contributed by atoms with Gasteiger partial charge in [-0.05, 0) is 31.5 Å². The topological polar surface area (TPSA) is 71.0 Å². The van der Waals surface area contributed by atoms with Gasteiger partial charge in [0.25, 0.3) is 0 Å². The number of anilines is 1. The van der Waals surface area contributed by atoms with E-state index in [1.165, 1.54) is 0 Å². The van der Waals surface area contributed by atoms with Crippen LogP contribution in [-0.4, -0.2) is 55.9 Å². The SMILES string of the molecule is COc1ccc(OC)c(NC(=O)CN2CCCC(O)C2)c1. The summed E-state index contributed by atoms with van der Waals surface area (Å²) in [5.74, 6) is 1.11. The van der Waals surface area contributed by atoms with Crippen LogP contribution in [0.3, 0.4) is 0 Å². The molecule has 21 heavy (non-hydrogen) atoms. The van der Waals surface area contributed by atoms with E-state index in [1.54, 1.807) is 32.4 Å². The lowest BCUT2D eigenvalue weighted by atomic mass is 10.1. The van der Waals surface area contributed by atoms with E-state index >= 15 is 0 Å². The Hall–Kier alpha value is -1.79. The normalized spacial score (nSPS) is 19.1. The minimum Gasteiger partial charge on any atom is -0.497 e. The summed E-state index contributed by atoms with van der Waals surface area (Å²) in [7, 11) is 3.13. The fraction of sp³-hybridized carbons (Fsp3) is 0.533. The summed E-state index contributed by atoms with van der Waals surface area (Å²) in [6, 6.07) is 5.25. The summed E-state index contributed by atoms with van der Waals surface area (Å²) in [4.78, 5) is 14.1. The number of ether oxygens (including phenoxy) is 2. The first-order chi connectivity index (χ1) is 10.1. The van der Waals surface area contributed by atoms with E-state index in [2.05, 4.69) is 5.32 Å². The lowest BCUT2D eigenvalue weighted by molar-refractivity contribution is -0.118. The summed E-state index contributed by atoms with van der Waals surface area (Å²) < 4.78 is 10.4. The van der Waals surface area contributed by atoms with Crippen molar-refractivity contribution in [1.82, 2.24) is 4.90 Å². The first-order valence-electron chi connectivity index (χ1n) is 7.04. The molecule has 6 heteroatoms. The highest BCUT2D eigenvalue weighted by Crippen LogP contribution is 2.28. The molecule has 0 bridgehead atoms. The molecule has 1 saturated heterocycles. The van der Waals surface area contributed by atoms with Crippen molar-refractivity contribution < 1.29 is 19.4 Å². The number of methoxy groups -OCH3 is 2. The molecular formula is C15H22N2O4. The van der Waals surface area contributed by atoms with Crippen molar-refractivity contribution in [3.63, 3.8) is 0 Å². The highest BCUT2D eigenvalue weighted by Gasteiger charge is 2.20. The summed E-state index contributed by atoms with van der Waals surface area (Å²) in [5, 5.41) is 12.5. The van der Waals surface area contributed by atoms with E-state index in [-0.39, 0.29) is 18.6 Å². The summed E-state index contributed by atoms with van der Waals surface area (Å²) in [5.41, 5.74) is 0.583. The van der Waals surface area contributed by atoms with E-state index in [9.17, 15) is 9.90 Å². The second-order valence-electron chi connectivity index (χ2n) is 5.15. The minimum atomic E-state index is -0.335. The third-order valence-corrected chi connectivity index (χ3v) is 3.53. The number of likely N-dealkylation sites (tertiary alicyclic amines) is 1. The molecule has 2 rings (SSSR count). The second kappa shape index (κ2) is 7.28. The number of piperidine rings is 1. The molecule has 1 amide bonds.